The van der Waals surface area contributed by atoms with E-state index in [0.29, 0.717) is 31.6 Å². The van der Waals surface area contributed by atoms with Crippen molar-refractivity contribution >= 4 is 5.91 Å². The number of carbonyl (C=O) groups excluding carboxylic acids is 1. The van der Waals surface area contributed by atoms with Gasteiger partial charge in [-0.25, -0.2) is 9.48 Å². The van der Waals surface area contributed by atoms with E-state index in [0.717, 1.165) is 5.56 Å². The number of amides is 1. The summed E-state index contributed by atoms with van der Waals surface area (Å²) in [5.41, 5.74) is 0.605. The summed E-state index contributed by atoms with van der Waals surface area (Å²) in [6.07, 6.45) is -0.152. The summed E-state index contributed by atoms with van der Waals surface area (Å²) in [7, 11) is 0. The predicted molar refractivity (Wildman–Crippen MR) is 85.3 cm³/mol. The molecule has 140 valence electrons. The maximum absolute atomic E-state index is 12.5. The molecule has 2 aromatic heterocycles. The van der Waals surface area contributed by atoms with Crippen molar-refractivity contribution in [1.29, 1.82) is 0 Å². The van der Waals surface area contributed by atoms with Gasteiger partial charge in [-0.15, -0.1) is 0 Å². The van der Waals surface area contributed by atoms with Crippen LogP contribution in [0.2, 0.25) is 0 Å². The average Bonchev–Trinajstić information content (AvgIpc) is 2.77. The molecule has 1 N–H and O–H groups in total. The third-order valence-corrected chi connectivity index (χ3v) is 4.33. The standard InChI is InChI=1S/C16H18F3N5O2/c17-16(18,19)10-21-14(25)12-1-2-13-22-24(15(26)23(13)8-5-12)9-11-3-6-20-7-4-11/h3-4,6-7,12H,1-2,5,8-10H2,(H,21,25). The Morgan fingerprint density at radius 2 is 2.00 bits per heavy atom. The summed E-state index contributed by atoms with van der Waals surface area (Å²) >= 11 is 0. The first-order valence-corrected chi connectivity index (χ1v) is 8.23. The lowest BCUT2D eigenvalue weighted by atomic mass is 9.99. The van der Waals surface area contributed by atoms with Crippen molar-refractivity contribution in [2.75, 3.05) is 6.54 Å². The molecule has 0 aliphatic carbocycles. The monoisotopic (exact) mass is 369 g/mol. The molecule has 0 bridgehead atoms. The number of aromatic nitrogens is 4. The molecule has 0 aromatic carbocycles. The Morgan fingerprint density at radius 1 is 1.27 bits per heavy atom. The lowest BCUT2D eigenvalue weighted by Gasteiger charge is -2.15. The van der Waals surface area contributed by atoms with Crippen molar-refractivity contribution in [2.45, 2.75) is 38.5 Å². The number of aryl methyl sites for hydroxylation is 1. The molecular formula is C16H18F3N5O2. The Morgan fingerprint density at radius 3 is 2.69 bits per heavy atom. The molecule has 0 fully saturated rings. The van der Waals surface area contributed by atoms with Gasteiger partial charge in [0.2, 0.25) is 5.91 Å². The van der Waals surface area contributed by atoms with Gasteiger partial charge in [0.15, 0.2) is 0 Å². The molecule has 26 heavy (non-hydrogen) atoms. The van der Waals surface area contributed by atoms with Crippen LogP contribution < -0.4 is 11.0 Å². The molecule has 7 nitrogen and oxygen atoms in total. The minimum Gasteiger partial charge on any atom is -0.347 e. The summed E-state index contributed by atoms with van der Waals surface area (Å²) in [6.45, 7) is -0.767. The molecule has 1 aliphatic rings. The van der Waals surface area contributed by atoms with Crippen LogP contribution in [0, 0.1) is 5.92 Å². The molecule has 10 heteroatoms. The summed E-state index contributed by atoms with van der Waals surface area (Å²) in [6, 6.07) is 3.58. The smallest absolute Gasteiger partial charge is 0.347 e. The number of carbonyl (C=O) groups is 1. The van der Waals surface area contributed by atoms with Gasteiger partial charge in [0, 0.05) is 31.3 Å². The van der Waals surface area contributed by atoms with Gasteiger partial charge in [-0.1, -0.05) is 0 Å². The number of halogens is 3. The highest BCUT2D eigenvalue weighted by Gasteiger charge is 2.31. The van der Waals surface area contributed by atoms with Crippen LogP contribution in [-0.4, -0.2) is 38.0 Å². The molecule has 0 spiro atoms. The molecule has 0 radical (unpaired) electrons. The molecule has 0 saturated heterocycles. The molecule has 3 heterocycles. The third-order valence-electron chi connectivity index (χ3n) is 4.33. The average molecular weight is 369 g/mol. The predicted octanol–water partition coefficient (Wildman–Crippen LogP) is 1.12. The van der Waals surface area contributed by atoms with Crippen LogP contribution in [0.4, 0.5) is 13.2 Å². The Labute approximate surface area is 146 Å². The van der Waals surface area contributed by atoms with E-state index in [2.05, 4.69) is 10.1 Å². The zero-order chi connectivity index (χ0) is 18.7. The van der Waals surface area contributed by atoms with Crippen molar-refractivity contribution < 1.29 is 18.0 Å². The minimum atomic E-state index is -4.44. The summed E-state index contributed by atoms with van der Waals surface area (Å²) < 4.78 is 39.5. The van der Waals surface area contributed by atoms with E-state index >= 15 is 0 Å². The van der Waals surface area contributed by atoms with E-state index in [-0.39, 0.29) is 12.2 Å². The second-order valence-corrected chi connectivity index (χ2v) is 6.22. The molecule has 1 unspecified atom stereocenters. The Kier molecular flexibility index (Phi) is 5.10. The fraction of sp³-hybridized carbons (Fsp3) is 0.500. The van der Waals surface area contributed by atoms with E-state index in [1.54, 1.807) is 24.5 Å². The number of hydrogen-bond acceptors (Lipinski definition) is 4. The third kappa shape index (κ3) is 4.30. The molecule has 0 saturated carbocycles. The van der Waals surface area contributed by atoms with Crippen LogP contribution in [-0.2, 0) is 24.3 Å². The Hall–Kier alpha value is -2.65. The minimum absolute atomic E-state index is 0.259. The number of nitrogens with zero attached hydrogens (tertiary/aromatic N) is 4. The first-order valence-electron chi connectivity index (χ1n) is 8.23. The molecule has 1 amide bonds. The maximum Gasteiger partial charge on any atom is 0.405 e. The fourth-order valence-electron chi connectivity index (χ4n) is 2.99. The van der Waals surface area contributed by atoms with Gasteiger partial charge in [0.1, 0.15) is 12.4 Å². The number of fused-ring (bicyclic) bond motifs is 1. The number of rotatable bonds is 4. The van der Waals surface area contributed by atoms with Crippen molar-refractivity contribution in [3.63, 3.8) is 0 Å². The van der Waals surface area contributed by atoms with E-state index in [9.17, 15) is 22.8 Å². The largest absolute Gasteiger partial charge is 0.405 e. The lowest BCUT2D eigenvalue weighted by Crippen LogP contribution is -2.38. The molecule has 1 aliphatic heterocycles. The van der Waals surface area contributed by atoms with E-state index in [1.165, 1.54) is 9.25 Å². The number of alkyl halides is 3. The van der Waals surface area contributed by atoms with Crippen molar-refractivity contribution in [3.05, 3.63) is 46.4 Å². The normalized spacial score (nSPS) is 17.4. The van der Waals surface area contributed by atoms with Crippen LogP contribution in [0.15, 0.2) is 29.3 Å². The number of hydrogen-bond donors (Lipinski definition) is 1. The van der Waals surface area contributed by atoms with Gasteiger partial charge in [0.05, 0.1) is 6.54 Å². The zero-order valence-electron chi connectivity index (χ0n) is 13.9. The molecule has 1 atom stereocenters. The summed E-state index contributed by atoms with van der Waals surface area (Å²) in [5, 5.41) is 6.23. The van der Waals surface area contributed by atoms with Gasteiger partial charge >= 0.3 is 11.9 Å². The second-order valence-electron chi connectivity index (χ2n) is 6.22. The van der Waals surface area contributed by atoms with Crippen LogP contribution in [0.1, 0.15) is 24.2 Å². The molecule has 2 aromatic rings. The van der Waals surface area contributed by atoms with Crippen LogP contribution in [0.25, 0.3) is 0 Å². The van der Waals surface area contributed by atoms with Gasteiger partial charge in [-0.3, -0.25) is 14.3 Å². The highest BCUT2D eigenvalue weighted by molar-refractivity contribution is 5.78. The van der Waals surface area contributed by atoms with E-state index in [1.807, 2.05) is 5.32 Å². The van der Waals surface area contributed by atoms with Gasteiger partial charge in [-0.05, 0) is 30.5 Å². The van der Waals surface area contributed by atoms with Crippen molar-refractivity contribution in [1.82, 2.24) is 24.6 Å². The zero-order valence-corrected chi connectivity index (χ0v) is 13.9. The summed E-state index contributed by atoms with van der Waals surface area (Å²) in [4.78, 5) is 28.4. The highest BCUT2D eigenvalue weighted by atomic mass is 19.4. The second kappa shape index (κ2) is 7.30. The quantitative estimate of drug-likeness (QED) is 0.876. The molecule has 3 rings (SSSR count). The first kappa shape index (κ1) is 18.2. The maximum atomic E-state index is 12.5. The fourth-order valence-corrected chi connectivity index (χ4v) is 2.99. The van der Waals surface area contributed by atoms with Crippen molar-refractivity contribution in [2.24, 2.45) is 5.92 Å². The SMILES string of the molecule is O=C(NCC(F)(F)F)C1CCc2nn(Cc3ccncc3)c(=O)n2CC1. The van der Waals surface area contributed by atoms with Crippen LogP contribution >= 0.6 is 0 Å². The number of nitrogens with one attached hydrogen (secondary N) is 1. The topological polar surface area (TPSA) is 81.8 Å². The van der Waals surface area contributed by atoms with E-state index in [4.69, 9.17) is 0 Å². The van der Waals surface area contributed by atoms with Crippen LogP contribution in [0.5, 0.6) is 0 Å². The lowest BCUT2D eigenvalue weighted by molar-refractivity contribution is -0.141. The van der Waals surface area contributed by atoms with Crippen molar-refractivity contribution in [3.8, 4) is 0 Å². The first-order chi connectivity index (χ1) is 12.3. The van der Waals surface area contributed by atoms with Gasteiger partial charge in [-0.2, -0.15) is 18.3 Å². The van der Waals surface area contributed by atoms with Gasteiger partial charge < -0.3 is 5.32 Å². The van der Waals surface area contributed by atoms with E-state index < -0.39 is 24.5 Å². The number of pyridine rings is 1. The van der Waals surface area contributed by atoms with Gasteiger partial charge in [0.25, 0.3) is 0 Å². The van der Waals surface area contributed by atoms with Crippen LogP contribution in [0.3, 0.4) is 0 Å². The Balaban J connectivity index is 1.66. The Bertz CT molecular complexity index is 829. The molecular weight excluding hydrogens is 351 g/mol. The summed E-state index contributed by atoms with van der Waals surface area (Å²) in [5.74, 6) is -0.646. The highest BCUT2D eigenvalue weighted by Crippen LogP contribution is 2.19.